The molecule has 0 aliphatic carbocycles. The van der Waals surface area contributed by atoms with Gasteiger partial charge in [-0.1, -0.05) is 11.8 Å². The molecule has 0 saturated carbocycles. The molecule has 2 aromatic rings. The number of carbonyl (C=O) groups is 1. The van der Waals surface area contributed by atoms with Gasteiger partial charge in [0.15, 0.2) is 5.09 Å². The number of benzene rings is 1. The number of fused-ring (bicyclic) bond motifs is 2. The fourth-order valence-electron chi connectivity index (χ4n) is 3.54. The predicted molar refractivity (Wildman–Crippen MR) is 90.1 cm³/mol. The number of amides is 1. The lowest BCUT2D eigenvalue weighted by Gasteiger charge is -2.21. The first-order chi connectivity index (χ1) is 12.4. The molecule has 2 fully saturated rings. The third-order valence-electron chi connectivity index (χ3n) is 4.85. The van der Waals surface area contributed by atoms with Gasteiger partial charge in [-0.3, -0.25) is 4.79 Å². The van der Waals surface area contributed by atoms with Gasteiger partial charge in [-0.05, 0) is 43.5 Å². The minimum absolute atomic E-state index is 0.127. The van der Waals surface area contributed by atoms with Crippen molar-refractivity contribution >= 4 is 17.7 Å². The Kier molecular flexibility index (Phi) is 4.48. The smallest absolute Gasteiger partial charge is 0.419 e. The van der Waals surface area contributed by atoms with Gasteiger partial charge in [-0.15, -0.1) is 0 Å². The van der Waals surface area contributed by atoms with Gasteiger partial charge in [0.25, 0.3) is 5.91 Å². The fraction of sp³-hybridized carbons (Fsp3) is 0.389. The molecule has 3 unspecified atom stereocenters. The number of alkyl halides is 3. The summed E-state index contributed by atoms with van der Waals surface area (Å²) in [6, 6.07) is 8.76. The van der Waals surface area contributed by atoms with Crippen LogP contribution in [0.5, 0.6) is 0 Å². The van der Waals surface area contributed by atoms with Crippen LogP contribution in [0.1, 0.15) is 35.2 Å². The Morgan fingerprint density at radius 2 is 2.00 bits per heavy atom. The Balaban J connectivity index is 1.37. The van der Waals surface area contributed by atoms with E-state index in [-0.39, 0.29) is 17.0 Å². The van der Waals surface area contributed by atoms with Crippen molar-refractivity contribution < 1.29 is 22.4 Å². The van der Waals surface area contributed by atoms with Gasteiger partial charge in [-0.2, -0.15) is 13.2 Å². The highest BCUT2D eigenvalue weighted by atomic mass is 32.2. The maximum Gasteiger partial charge on any atom is 0.419 e. The van der Waals surface area contributed by atoms with E-state index < -0.39 is 11.7 Å². The summed E-state index contributed by atoms with van der Waals surface area (Å²) in [6.45, 7) is 0. The molecule has 2 N–H and O–H groups in total. The molecule has 2 aliphatic rings. The van der Waals surface area contributed by atoms with Crippen LogP contribution in [-0.2, 0) is 6.18 Å². The van der Waals surface area contributed by atoms with E-state index in [9.17, 15) is 18.0 Å². The molecule has 1 aromatic heterocycles. The van der Waals surface area contributed by atoms with E-state index in [1.807, 2.05) is 0 Å². The molecule has 3 atom stereocenters. The van der Waals surface area contributed by atoms with Crippen LogP contribution in [0.4, 0.5) is 13.2 Å². The number of furan rings is 1. The molecule has 2 saturated heterocycles. The zero-order valence-electron chi connectivity index (χ0n) is 13.7. The second-order valence-electron chi connectivity index (χ2n) is 6.64. The van der Waals surface area contributed by atoms with Crippen molar-refractivity contribution in [3.63, 3.8) is 0 Å². The van der Waals surface area contributed by atoms with Crippen molar-refractivity contribution in [3.05, 3.63) is 47.7 Å². The summed E-state index contributed by atoms with van der Waals surface area (Å²) in [5, 5.41) is 6.69. The summed E-state index contributed by atoms with van der Waals surface area (Å²) in [5.74, 6) is -0.127. The monoisotopic (exact) mass is 382 g/mol. The minimum atomic E-state index is -4.42. The van der Waals surface area contributed by atoms with E-state index in [1.54, 1.807) is 24.3 Å². The molecule has 4 nitrogen and oxygen atoms in total. The SMILES string of the molecule is O=C(NC1CC2CCC1N2)c1ccc(Sc2cc(C(F)(F)F)co2)cc1. The Morgan fingerprint density at radius 3 is 2.58 bits per heavy atom. The summed E-state index contributed by atoms with van der Waals surface area (Å²) in [5.41, 5.74) is -0.275. The van der Waals surface area contributed by atoms with Gasteiger partial charge in [0.2, 0.25) is 0 Å². The second kappa shape index (κ2) is 6.66. The van der Waals surface area contributed by atoms with Crippen LogP contribution < -0.4 is 10.6 Å². The van der Waals surface area contributed by atoms with Gasteiger partial charge in [0.05, 0.1) is 5.56 Å². The van der Waals surface area contributed by atoms with Crippen LogP contribution >= 0.6 is 11.8 Å². The zero-order valence-corrected chi connectivity index (χ0v) is 14.5. The summed E-state index contributed by atoms with van der Waals surface area (Å²) in [7, 11) is 0. The van der Waals surface area contributed by atoms with Crippen molar-refractivity contribution in [3.8, 4) is 0 Å². The van der Waals surface area contributed by atoms with Crippen LogP contribution in [0.25, 0.3) is 0 Å². The molecule has 0 radical (unpaired) electrons. The summed E-state index contributed by atoms with van der Waals surface area (Å²) in [6.07, 6.45) is -0.489. The number of carbonyl (C=O) groups excluding carboxylic acids is 1. The molecule has 1 amide bonds. The molecule has 2 aliphatic heterocycles. The van der Waals surface area contributed by atoms with Crippen LogP contribution in [0, 0.1) is 0 Å². The summed E-state index contributed by atoms with van der Waals surface area (Å²) in [4.78, 5) is 13.1. The molecule has 4 rings (SSSR count). The maximum atomic E-state index is 12.6. The molecular formula is C18H17F3N2O2S. The quantitative estimate of drug-likeness (QED) is 0.837. The Hall–Kier alpha value is -1.93. The molecule has 8 heteroatoms. The van der Waals surface area contributed by atoms with Crippen LogP contribution in [0.3, 0.4) is 0 Å². The molecule has 2 bridgehead atoms. The van der Waals surface area contributed by atoms with Gasteiger partial charge in [0, 0.05) is 34.7 Å². The highest BCUT2D eigenvalue weighted by Crippen LogP contribution is 2.36. The molecule has 138 valence electrons. The van der Waals surface area contributed by atoms with Gasteiger partial charge in [-0.25, -0.2) is 0 Å². The van der Waals surface area contributed by atoms with E-state index in [1.165, 1.54) is 6.42 Å². The molecule has 26 heavy (non-hydrogen) atoms. The van der Waals surface area contributed by atoms with Crippen molar-refractivity contribution in [2.45, 2.75) is 53.6 Å². The normalized spacial score (nSPS) is 24.8. The second-order valence-corrected chi connectivity index (χ2v) is 7.72. The summed E-state index contributed by atoms with van der Waals surface area (Å²) >= 11 is 1.08. The van der Waals surface area contributed by atoms with Gasteiger partial charge < -0.3 is 15.1 Å². The van der Waals surface area contributed by atoms with Crippen LogP contribution in [0.15, 0.2) is 51.0 Å². The van der Waals surface area contributed by atoms with Crippen molar-refractivity contribution in [1.29, 1.82) is 0 Å². The number of nitrogens with one attached hydrogen (secondary N) is 2. The Morgan fingerprint density at radius 1 is 1.23 bits per heavy atom. The van der Waals surface area contributed by atoms with E-state index in [0.717, 1.165) is 30.7 Å². The number of hydrogen-bond donors (Lipinski definition) is 2. The van der Waals surface area contributed by atoms with Crippen LogP contribution in [0.2, 0.25) is 0 Å². The van der Waals surface area contributed by atoms with Crippen molar-refractivity contribution in [2.24, 2.45) is 0 Å². The van der Waals surface area contributed by atoms with Crippen molar-refractivity contribution in [1.82, 2.24) is 10.6 Å². The standard InChI is InChI=1S/C18H17F3N2O2S/c19-18(20,21)11-7-16(25-9-11)26-13-4-1-10(2-5-13)17(24)23-15-8-12-3-6-14(15)22-12/h1-2,4-5,7,9,12,14-15,22H,3,6,8H2,(H,23,24). The maximum absolute atomic E-state index is 12.6. The molecular weight excluding hydrogens is 365 g/mol. The average Bonchev–Trinajstić information content (AvgIpc) is 3.31. The molecule has 3 heterocycles. The van der Waals surface area contributed by atoms with E-state index in [0.29, 0.717) is 28.8 Å². The predicted octanol–water partition coefficient (Wildman–Crippen LogP) is 4.07. The fourth-order valence-corrected chi connectivity index (χ4v) is 4.33. The third-order valence-corrected chi connectivity index (χ3v) is 5.78. The van der Waals surface area contributed by atoms with Gasteiger partial charge >= 0.3 is 6.18 Å². The third kappa shape index (κ3) is 3.61. The van der Waals surface area contributed by atoms with E-state index in [4.69, 9.17) is 4.42 Å². The minimum Gasteiger partial charge on any atom is -0.457 e. The Bertz CT molecular complexity index is 804. The lowest BCUT2D eigenvalue weighted by Crippen LogP contribution is -2.42. The van der Waals surface area contributed by atoms with Gasteiger partial charge in [0.1, 0.15) is 6.26 Å². The first-order valence-electron chi connectivity index (χ1n) is 8.39. The van der Waals surface area contributed by atoms with E-state index in [2.05, 4.69) is 10.6 Å². The zero-order chi connectivity index (χ0) is 18.3. The van der Waals surface area contributed by atoms with Crippen molar-refractivity contribution in [2.75, 3.05) is 0 Å². The van der Waals surface area contributed by atoms with E-state index >= 15 is 0 Å². The number of hydrogen-bond acceptors (Lipinski definition) is 4. The Labute approximate surface area is 152 Å². The average molecular weight is 382 g/mol. The molecule has 0 spiro atoms. The topological polar surface area (TPSA) is 54.3 Å². The lowest BCUT2D eigenvalue weighted by atomic mass is 9.95. The largest absolute Gasteiger partial charge is 0.457 e. The lowest BCUT2D eigenvalue weighted by molar-refractivity contribution is -0.137. The number of halogens is 3. The molecule has 1 aromatic carbocycles. The number of rotatable bonds is 4. The highest BCUT2D eigenvalue weighted by Gasteiger charge is 2.39. The first-order valence-corrected chi connectivity index (χ1v) is 9.21. The van der Waals surface area contributed by atoms with Crippen LogP contribution in [-0.4, -0.2) is 24.0 Å². The first kappa shape index (κ1) is 17.5. The highest BCUT2D eigenvalue weighted by molar-refractivity contribution is 7.99. The summed E-state index contributed by atoms with van der Waals surface area (Å²) < 4.78 is 42.7.